The minimum atomic E-state index is -0.900. The molecule has 11 heteroatoms. The Morgan fingerprint density at radius 3 is 2.83 bits per heavy atom. The molecular weight excluding hydrogens is 504 g/mol. The third-order valence-corrected chi connectivity index (χ3v) is 7.58. The summed E-state index contributed by atoms with van der Waals surface area (Å²) in [6.45, 7) is 2.46. The molecule has 0 amide bonds. The third kappa shape index (κ3) is 4.55. The van der Waals surface area contributed by atoms with Crippen LogP contribution in [-0.2, 0) is 18.4 Å². The van der Waals surface area contributed by atoms with Gasteiger partial charge in [-0.05, 0) is 36.8 Å². The Hall–Kier alpha value is -3.47. The summed E-state index contributed by atoms with van der Waals surface area (Å²) in [4.78, 5) is 41.5. The maximum absolute atomic E-state index is 12.5. The van der Waals surface area contributed by atoms with E-state index in [1.807, 2.05) is 31.2 Å². The maximum Gasteiger partial charge on any atom is 0.331 e. The molecular formula is C25H23ClN4O5S. The van der Waals surface area contributed by atoms with E-state index in [0.29, 0.717) is 23.7 Å². The van der Waals surface area contributed by atoms with Gasteiger partial charge in [-0.3, -0.25) is 19.1 Å². The fourth-order valence-electron chi connectivity index (χ4n) is 4.43. The van der Waals surface area contributed by atoms with Gasteiger partial charge in [0.2, 0.25) is 0 Å². The lowest BCUT2D eigenvalue weighted by Gasteiger charge is -2.19. The van der Waals surface area contributed by atoms with Crippen molar-refractivity contribution in [3.05, 3.63) is 79.0 Å². The lowest BCUT2D eigenvalue weighted by atomic mass is 10.0. The van der Waals surface area contributed by atoms with Crippen molar-refractivity contribution >= 4 is 39.1 Å². The number of pyridine rings is 1. The van der Waals surface area contributed by atoms with Crippen molar-refractivity contribution in [2.75, 3.05) is 6.54 Å². The second-order valence-corrected chi connectivity index (χ2v) is 10.4. The van der Waals surface area contributed by atoms with Crippen LogP contribution in [0.4, 0.5) is 0 Å². The molecule has 4 heterocycles. The van der Waals surface area contributed by atoms with Gasteiger partial charge in [-0.25, -0.2) is 4.79 Å². The van der Waals surface area contributed by atoms with Crippen LogP contribution in [0.5, 0.6) is 5.75 Å². The van der Waals surface area contributed by atoms with Gasteiger partial charge >= 0.3 is 11.7 Å². The monoisotopic (exact) mass is 526 g/mol. The fourth-order valence-corrected chi connectivity index (χ4v) is 5.83. The second-order valence-electron chi connectivity index (χ2n) is 8.79. The number of rotatable bonds is 6. The number of hydrogen-bond donors (Lipinski definition) is 2. The average Bonchev–Trinajstić information content (AvgIpc) is 3.47. The molecule has 0 aliphatic carbocycles. The van der Waals surface area contributed by atoms with Crippen LogP contribution in [0, 0.1) is 6.92 Å². The van der Waals surface area contributed by atoms with Gasteiger partial charge in [-0.15, -0.1) is 11.3 Å². The molecule has 5 rings (SSSR count). The van der Waals surface area contributed by atoms with Crippen LogP contribution in [0.2, 0.25) is 5.02 Å². The normalized spacial score (nSPS) is 17.5. The van der Waals surface area contributed by atoms with Crippen molar-refractivity contribution in [3.63, 3.8) is 0 Å². The minimum Gasteiger partial charge on any atom is -0.488 e. The zero-order valence-corrected chi connectivity index (χ0v) is 21.1. The second kappa shape index (κ2) is 9.53. The number of aromatic nitrogens is 3. The molecule has 1 aliphatic rings. The van der Waals surface area contributed by atoms with Crippen LogP contribution in [0.15, 0.2) is 52.3 Å². The number of carbonyl (C=O) groups is 1. The number of benzene rings is 1. The number of ether oxygens (including phenoxy) is 1. The summed E-state index contributed by atoms with van der Waals surface area (Å²) in [7, 11) is 1.60. The third-order valence-electron chi connectivity index (χ3n) is 6.22. The first-order valence-electron chi connectivity index (χ1n) is 11.3. The fraction of sp³-hybridized carbons (Fsp3) is 0.280. The van der Waals surface area contributed by atoms with Crippen LogP contribution < -0.4 is 21.3 Å². The van der Waals surface area contributed by atoms with Gasteiger partial charge in [0, 0.05) is 59.5 Å². The largest absolute Gasteiger partial charge is 0.488 e. The van der Waals surface area contributed by atoms with Crippen LogP contribution in [0.1, 0.15) is 16.9 Å². The Morgan fingerprint density at radius 2 is 2.08 bits per heavy atom. The molecule has 0 spiro atoms. The molecule has 2 N–H and O–H groups in total. The molecule has 1 fully saturated rings. The summed E-state index contributed by atoms with van der Waals surface area (Å²) in [6, 6.07) is 8.11. The highest BCUT2D eigenvalue weighted by atomic mass is 35.5. The van der Waals surface area contributed by atoms with Crippen LogP contribution in [0.25, 0.3) is 21.3 Å². The highest BCUT2D eigenvalue weighted by molar-refractivity contribution is 7.19. The number of nitrogens with one attached hydrogen (secondary N) is 1. The Morgan fingerprint density at radius 1 is 1.28 bits per heavy atom. The molecule has 186 valence electrons. The van der Waals surface area contributed by atoms with E-state index in [9.17, 15) is 19.5 Å². The number of carboxylic acids is 1. The van der Waals surface area contributed by atoms with E-state index in [4.69, 9.17) is 16.3 Å². The number of carboxylic acid groups (broad SMARTS) is 1. The summed E-state index contributed by atoms with van der Waals surface area (Å²) in [5.74, 6) is -0.267. The SMILES string of the molecule is Cc1cc(Cl)cc(-c2ccnc3cc(Cn4c(=O)ccn(C)c4=O)sc23)c1O[C@@H]1CN[C@H](C(=O)O)C1. The molecule has 1 aliphatic heterocycles. The summed E-state index contributed by atoms with van der Waals surface area (Å²) in [5.41, 5.74) is 2.43. The van der Waals surface area contributed by atoms with E-state index < -0.39 is 12.0 Å². The molecule has 0 saturated carbocycles. The van der Waals surface area contributed by atoms with Gasteiger partial charge in [0.25, 0.3) is 5.56 Å². The topological polar surface area (TPSA) is 115 Å². The van der Waals surface area contributed by atoms with E-state index in [-0.39, 0.29) is 23.9 Å². The molecule has 2 atom stereocenters. The Kier molecular flexibility index (Phi) is 6.42. The van der Waals surface area contributed by atoms with Crippen LogP contribution in [-0.4, -0.2) is 43.9 Å². The molecule has 0 unspecified atom stereocenters. The Balaban J connectivity index is 1.56. The first kappa shape index (κ1) is 24.2. The standard InChI is InChI=1S/C25H23ClN4O5S/c1-13-7-14(26)8-18(22(13)35-15-9-20(24(32)33)28-11-15)17-3-5-27-19-10-16(36-23(17)19)12-30-21(31)4-6-29(2)25(30)34/h3-8,10,15,20,28H,9,11-12H2,1-2H3,(H,32,33)/t15-,20-/m0/s1. The van der Waals surface area contributed by atoms with Gasteiger partial charge in [0.05, 0.1) is 16.8 Å². The highest BCUT2D eigenvalue weighted by Crippen LogP contribution is 2.42. The molecule has 0 bridgehead atoms. The van der Waals surface area contributed by atoms with E-state index >= 15 is 0 Å². The van der Waals surface area contributed by atoms with E-state index in [1.165, 1.54) is 32.7 Å². The highest BCUT2D eigenvalue weighted by Gasteiger charge is 2.31. The lowest BCUT2D eigenvalue weighted by molar-refractivity contribution is -0.139. The Labute approximate surface area is 214 Å². The van der Waals surface area contributed by atoms with Crippen LogP contribution in [0.3, 0.4) is 0 Å². The molecule has 0 radical (unpaired) electrons. The first-order chi connectivity index (χ1) is 17.2. The summed E-state index contributed by atoms with van der Waals surface area (Å²) in [5, 5.41) is 12.8. The van der Waals surface area contributed by atoms with Crippen molar-refractivity contribution in [3.8, 4) is 16.9 Å². The van der Waals surface area contributed by atoms with Crippen molar-refractivity contribution in [1.82, 2.24) is 19.4 Å². The molecule has 3 aromatic heterocycles. The molecule has 1 aromatic carbocycles. The zero-order valence-electron chi connectivity index (χ0n) is 19.5. The number of aliphatic carboxylic acids is 1. The molecule has 1 saturated heterocycles. The van der Waals surface area contributed by atoms with Gasteiger partial charge in [0.15, 0.2) is 0 Å². The quantitative estimate of drug-likeness (QED) is 0.397. The van der Waals surface area contributed by atoms with Crippen molar-refractivity contribution in [2.45, 2.75) is 32.0 Å². The van der Waals surface area contributed by atoms with Gasteiger partial charge in [0.1, 0.15) is 17.9 Å². The molecule has 4 aromatic rings. The number of hydrogen-bond acceptors (Lipinski definition) is 7. The number of thiophene rings is 1. The predicted molar refractivity (Wildman–Crippen MR) is 138 cm³/mol. The van der Waals surface area contributed by atoms with Gasteiger partial charge in [-0.2, -0.15) is 0 Å². The van der Waals surface area contributed by atoms with E-state index in [0.717, 1.165) is 31.8 Å². The smallest absolute Gasteiger partial charge is 0.331 e. The summed E-state index contributed by atoms with van der Waals surface area (Å²) in [6.07, 6.45) is 3.20. The molecule has 36 heavy (non-hydrogen) atoms. The summed E-state index contributed by atoms with van der Waals surface area (Å²) >= 11 is 7.88. The maximum atomic E-state index is 12.5. The number of aryl methyl sites for hydroxylation is 2. The number of fused-ring (bicyclic) bond motifs is 1. The zero-order chi connectivity index (χ0) is 25.6. The van der Waals surface area contributed by atoms with Gasteiger partial charge in [-0.1, -0.05) is 11.6 Å². The van der Waals surface area contributed by atoms with Crippen molar-refractivity contribution < 1.29 is 14.6 Å². The predicted octanol–water partition coefficient (Wildman–Crippen LogP) is 3.03. The Bertz CT molecular complexity index is 1610. The average molecular weight is 527 g/mol. The van der Waals surface area contributed by atoms with Crippen molar-refractivity contribution in [2.24, 2.45) is 7.05 Å². The number of nitrogens with zero attached hydrogens (tertiary/aromatic N) is 3. The van der Waals surface area contributed by atoms with Crippen molar-refractivity contribution in [1.29, 1.82) is 0 Å². The first-order valence-corrected chi connectivity index (χ1v) is 12.5. The number of halogens is 1. The minimum absolute atomic E-state index is 0.134. The summed E-state index contributed by atoms with van der Waals surface area (Å²) < 4.78 is 9.76. The van der Waals surface area contributed by atoms with Gasteiger partial charge < -0.3 is 19.7 Å². The lowest BCUT2D eigenvalue weighted by Crippen LogP contribution is -2.37. The molecule has 9 nitrogen and oxygen atoms in total. The van der Waals surface area contributed by atoms with E-state index in [2.05, 4.69) is 10.3 Å². The van der Waals surface area contributed by atoms with Crippen LogP contribution >= 0.6 is 22.9 Å². The van der Waals surface area contributed by atoms with E-state index in [1.54, 1.807) is 13.2 Å².